The number of hydrogen-bond acceptors (Lipinski definition) is 5. The van der Waals surface area contributed by atoms with E-state index in [2.05, 4.69) is 31.8 Å². The van der Waals surface area contributed by atoms with Gasteiger partial charge in [-0.05, 0) is 57.7 Å². The summed E-state index contributed by atoms with van der Waals surface area (Å²) in [5.41, 5.74) is 3.53. The second-order valence-corrected chi connectivity index (χ2v) is 7.97. The number of hydrazone groups is 1. The summed E-state index contributed by atoms with van der Waals surface area (Å²) in [5, 5.41) is 7.16. The lowest BCUT2D eigenvalue weighted by molar-refractivity contribution is -0.123. The van der Waals surface area contributed by atoms with Crippen molar-refractivity contribution in [3.05, 3.63) is 57.0 Å². The standard InChI is InChI=1S/C21H23BrClN3O4/c1-12(2)18(25-20(27)14-6-5-7-15(23)10-14)21(28)26-24-11-13-8-16(22)19(30-4)17(9-13)29-3/h5-12,18H,1-4H3,(H,25,27)(H,26,28)/b24-11+. The highest BCUT2D eigenvalue weighted by Crippen LogP contribution is 2.35. The molecule has 9 heteroatoms. The fourth-order valence-electron chi connectivity index (χ4n) is 2.64. The second kappa shape index (κ2) is 11.0. The van der Waals surface area contributed by atoms with E-state index in [0.717, 1.165) is 0 Å². The fourth-order valence-corrected chi connectivity index (χ4v) is 3.45. The molecule has 1 atom stereocenters. The van der Waals surface area contributed by atoms with E-state index in [0.29, 0.717) is 32.1 Å². The SMILES string of the molecule is COc1cc(/C=N/NC(=O)C(NC(=O)c2cccc(Cl)c2)C(C)C)cc(Br)c1OC. The summed E-state index contributed by atoms with van der Waals surface area (Å²) < 4.78 is 11.2. The summed E-state index contributed by atoms with van der Waals surface area (Å²) in [4.78, 5) is 25.0. The fraction of sp³-hybridized carbons (Fsp3) is 0.286. The molecule has 2 amide bonds. The van der Waals surface area contributed by atoms with Crippen molar-refractivity contribution in [3.8, 4) is 11.5 Å². The molecule has 0 radical (unpaired) electrons. The number of carbonyl (C=O) groups excluding carboxylic acids is 2. The lowest BCUT2D eigenvalue weighted by Gasteiger charge is -2.20. The molecule has 0 fully saturated rings. The smallest absolute Gasteiger partial charge is 0.262 e. The van der Waals surface area contributed by atoms with Gasteiger partial charge in [-0.2, -0.15) is 5.10 Å². The van der Waals surface area contributed by atoms with E-state index in [-0.39, 0.29) is 11.8 Å². The first-order valence-corrected chi connectivity index (χ1v) is 10.2. The van der Waals surface area contributed by atoms with Crippen LogP contribution in [-0.4, -0.2) is 38.3 Å². The van der Waals surface area contributed by atoms with Crippen molar-refractivity contribution in [1.82, 2.24) is 10.7 Å². The topological polar surface area (TPSA) is 89.0 Å². The summed E-state index contributed by atoms with van der Waals surface area (Å²) in [6.07, 6.45) is 1.47. The molecule has 0 saturated heterocycles. The Morgan fingerprint density at radius 2 is 1.90 bits per heavy atom. The largest absolute Gasteiger partial charge is 0.493 e. The number of amides is 2. The number of nitrogens with zero attached hydrogens (tertiary/aromatic N) is 1. The quantitative estimate of drug-likeness (QED) is 0.427. The molecule has 30 heavy (non-hydrogen) atoms. The van der Waals surface area contributed by atoms with E-state index in [1.165, 1.54) is 13.3 Å². The van der Waals surface area contributed by atoms with Crippen LogP contribution in [0.2, 0.25) is 5.02 Å². The van der Waals surface area contributed by atoms with Crippen LogP contribution in [0.4, 0.5) is 0 Å². The van der Waals surface area contributed by atoms with Gasteiger partial charge in [-0.1, -0.05) is 31.5 Å². The van der Waals surface area contributed by atoms with Gasteiger partial charge in [0.15, 0.2) is 11.5 Å². The minimum absolute atomic E-state index is 0.154. The van der Waals surface area contributed by atoms with Gasteiger partial charge in [0.2, 0.25) is 0 Å². The lowest BCUT2D eigenvalue weighted by atomic mass is 10.0. The van der Waals surface area contributed by atoms with Crippen LogP contribution in [0.3, 0.4) is 0 Å². The minimum atomic E-state index is -0.772. The second-order valence-electron chi connectivity index (χ2n) is 6.68. The molecule has 7 nitrogen and oxygen atoms in total. The van der Waals surface area contributed by atoms with Gasteiger partial charge in [0, 0.05) is 10.6 Å². The monoisotopic (exact) mass is 495 g/mol. The number of rotatable bonds is 8. The highest BCUT2D eigenvalue weighted by molar-refractivity contribution is 9.10. The van der Waals surface area contributed by atoms with Gasteiger partial charge in [-0.25, -0.2) is 5.43 Å². The van der Waals surface area contributed by atoms with Gasteiger partial charge in [0.25, 0.3) is 11.8 Å². The molecule has 0 aliphatic rings. The summed E-state index contributed by atoms with van der Waals surface area (Å²) in [5.74, 6) is 0.102. The molecule has 0 spiro atoms. The van der Waals surface area contributed by atoms with Crippen molar-refractivity contribution in [3.63, 3.8) is 0 Å². The van der Waals surface area contributed by atoms with Gasteiger partial charge in [-0.3, -0.25) is 9.59 Å². The first-order valence-electron chi connectivity index (χ1n) is 9.07. The Hall–Kier alpha value is -2.58. The minimum Gasteiger partial charge on any atom is -0.493 e. The Bertz CT molecular complexity index is 950. The van der Waals surface area contributed by atoms with Crippen molar-refractivity contribution in [2.45, 2.75) is 19.9 Å². The first-order chi connectivity index (χ1) is 14.3. The van der Waals surface area contributed by atoms with Gasteiger partial charge in [-0.15, -0.1) is 0 Å². The number of ether oxygens (including phenoxy) is 2. The van der Waals surface area contributed by atoms with Crippen molar-refractivity contribution in [1.29, 1.82) is 0 Å². The number of hydrogen-bond donors (Lipinski definition) is 2. The first kappa shape index (κ1) is 23.7. The van der Waals surface area contributed by atoms with E-state index < -0.39 is 11.9 Å². The molecular formula is C21H23BrClN3O4. The van der Waals surface area contributed by atoms with E-state index in [1.807, 2.05) is 13.8 Å². The average Bonchev–Trinajstić information content (AvgIpc) is 2.70. The molecule has 2 aromatic carbocycles. The number of benzene rings is 2. The molecule has 0 aliphatic carbocycles. The molecule has 0 saturated carbocycles. The van der Waals surface area contributed by atoms with Crippen LogP contribution >= 0.6 is 27.5 Å². The zero-order valence-electron chi connectivity index (χ0n) is 17.0. The van der Waals surface area contributed by atoms with Crippen LogP contribution in [0.25, 0.3) is 0 Å². The predicted octanol–water partition coefficient (Wildman–Crippen LogP) is 4.02. The van der Waals surface area contributed by atoms with Gasteiger partial charge >= 0.3 is 0 Å². The third-order valence-electron chi connectivity index (χ3n) is 4.17. The average molecular weight is 497 g/mol. The Balaban J connectivity index is 2.08. The van der Waals surface area contributed by atoms with Gasteiger partial charge in [0.1, 0.15) is 6.04 Å². The highest BCUT2D eigenvalue weighted by atomic mass is 79.9. The van der Waals surface area contributed by atoms with E-state index in [9.17, 15) is 9.59 Å². The molecule has 0 aliphatic heterocycles. The van der Waals surface area contributed by atoms with Crippen LogP contribution < -0.4 is 20.2 Å². The molecule has 1 unspecified atom stereocenters. The van der Waals surface area contributed by atoms with E-state index in [1.54, 1.807) is 43.5 Å². The maximum Gasteiger partial charge on any atom is 0.262 e. The molecule has 2 N–H and O–H groups in total. The van der Waals surface area contributed by atoms with Crippen LogP contribution in [0, 0.1) is 5.92 Å². The lowest BCUT2D eigenvalue weighted by Crippen LogP contribution is -2.48. The molecule has 0 heterocycles. The molecule has 0 bridgehead atoms. The number of halogens is 2. The van der Waals surface area contributed by atoms with Crippen LogP contribution in [0.1, 0.15) is 29.8 Å². The summed E-state index contributed by atoms with van der Waals surface area (Å²) in [7, 11) is 3.07. The van der Waals surface area contributed by atoms with Crippen LogP contribution in [0.5, 0.6) is 11.5 Å². The van der Waals surface area contributed by atoms with Crippen molar-refractivity contribution in [2.24, 2.45) is 11.0 Å². The number of methoxy groups -OCH3 is 2. The molecular weight excluding hydrogens is 474 g/mol. The molecule has 160 valence electrons. The Morgan fingerprint density at radius 3 is 2.50 bits per heavy atom. The van der Waals surface area contributed by atoms with Crippen LogP contribution in [-0.2, 0) is 4.79 Å². The maximum atomic E-state index is 12.6. The Kier molecular flexibility index (Phi) is 8.68. The molecule has 2 aromatic rings. The Morgan fingerprint density at radius 1 is 1.17 bits per heavy atom. The van der Waals surface area contributed by atoms with E-state index in [4.69, 9.17) is 21.1 Å². The van der Waals surface area contributed by atoms with E-state index >= 15 is 0 Å². The highest BCUT2D eigenvalue weighted by Gasteiger charge is 2.24. The van der Waals surface area contributed by atoms with Crippen LogP contribution in [0.15, 0.2) is 46.0 Å². The third kappa shape index (κ3) is 6.21. The zero-order chi connectivity index (χ0) is 22.3. The zero-order valence-corrected chi connectivity index (χ0v) is 19.4. The molecule has 0 aromatic heterocycles. The predicted molar refractivity (Wildman–Crippen MR) is 121 cm³/mol. The van der Waals surface area contributed by atoms with Gasteiger partial charge < -0.3 is 14.8 Å². The van der Waals surface area contributed by atoms with Gasteiger partial charge in [0.05, 0.1) is 24.9 Å². The molecule has 2 rings (SSSR count). The normalized spacial score (nSPS) is 12.0. The maximum absolute atomic E-state index is 12.6. The number of nitrogens with one attached hydrogen (secondary N) is 2. The van der Waals surface area contributed by atoms with Crippen molar-refractivity contribution >= 4 is 45.6 Å². The van der Waals surface area contributed by atoms with Crippen molar-refractivity contribution in [2.75, 3.05) is 14.2 Å². The summed E-state index contributed by atoms with van der Waals surface area (Å²) in [6, 6.07) is 9.24. The summed E-state index contributed by atoms with van der Waals surface area (Å²) >= 11 is 9.34. The summed E-state index contributed by atoms with van der Waals surface area (Å²) in [6.45, 7) is 3.66. The number of carbonyl (C=O) groups is 2. The Labute approximate surface area is 188 Å². The van der Waals surface area contributed by atoms with Crippen molar-refractivity contribution < 1.29 is 19.1 Å². The third-order valence-corrected chi connectivity index (χ3v) is 4.99.